The molecule has 2 atom stereocenters. The number of nitrogens with zero attached hydrogens (tertiary/aromatic N) is 1. The Balaban J connectivity index is 2.88. The zero-order chi connectivity index (χ0) is 11.6. The van der Waals surface area contributed by atoms with Crippen molar-refractivity contribution in [3.05, 3.63) is 0 Å². The number of ether oxygens (including phenoxy) is 1. The van der Waals surface area contributed by atoms with Gasteiger partial charge in [0.1, 0.15) is 6.10 Å². The number of carbonyl (C=O) groups is 2. The molecule has 1 fully saturated rings. The van der Waals surface area contributed by atoms with E-state index >= 15 is 0 Å². The fraction of sp³-hybridized carbons (Fsp3) is 0.778. The molecule has 0 spiro atoms. The molecular formula is C9H16N2O4. The summed E-state index contributed by atoms with van der Waals surface area (Å²) >= 11 is 0. The van der Waals surface area contributed by atoms with Crippen LogP contribution in [-0.4, -0.2) is 61.3 Å². The van der Waals surface area contributed by atoms with Crippen LogP contribution in [0.5, 0.6) is 0 Å². The highest BCUT2D eigenvalue weighted by Gasteiger charge is 2.50. The van der Waals surface area contributed by atoms with Gasteiger partial charge in [-0.25, -0.2) is 4.79 Å². The fourth-order valence-electron chi connectivity index (χ4n) is 1.83. The van der Waals surface area contributed by atoms with Crippen molar-refractivity contribution in [3.8, 4) is 0 Å². The predicted octanol–water partition coefficient (Wildman–Crippen LogP) is -1.66. The highest BCUT2D eigenvalue weighted by atomic mass is 16.5. The molecule has 0 radical (unpaired) electrons. The summed E-state index contributed by atoms with van der Waals surface area (Å²) in [5.74, 6) is -1.05. The van der Waals surface area contributed by atoms with Crippen LogP contribution in [0.2, 0.25) is 0 Å². The van der Waals surface area contributed by atoms with Crippen molar-refractivity contribution in [2.75, 3.05) is 27.7 Å². The molecule has 0 aromatic rings. The van der Waals surface area contributed by atoms with Gasteiger partial charge in [-0.15, -0.1) is 0 Å². The smallest absolute Gasteiger partial charge is 0.333 e. The molecule has 0 unspecified atom stereocenters. The molecule has 15 heavy (non-hydrogen) atoms. The summed E-state index contributed by atoms with van der Waals surface area (Å²) in [5, 5.41) is 11.8. The molecular weight excluding hydrogens is 200 g/mol. The third-order valence-corrected chi connectivity index (χ3v) is 2.37. The van der Waals surface area contributed by atoms with Crippen LogP contribution in [0.3, 0.4) is 0 Å². The van der Waals surface area contributed by atoms with Crippen LogP contribution in [0.1, 0.15) is 6.42 Å². The molecule has 1 heterocycles. The second kappa shape index (κ2) is 4.16. The van der Waals surface area contributed by atoms with E-state index in [1.165, 1.54) is 7.11 Å². The van der Waals surface area contributed by atoms with Crippen molar-refractivity contribution in [2.24, 2.45) is 0 Å². The van der Waals surface area contributed by atoms with Crippen LogP contribution < -0.4 is 5.32 Å². The molecule has 2 N–H and O–H groups in total. The molecule has 0 saturated carbocycles. The van der Waals surface area contributed by atoms with Gasteiger partial charge in [-0.1, -0.05) is 0 Å². The lowest BCUT2D eigenvalue weighted by atomic mass is 9.96. The highest BCUT2D eigenvalue weighted by Crippen LogP contribution is 2.22. The molecule has 1 aliphatic heterocycles. The first-order valence-electron chi connectivity index (χ1n) is 4.64. The number of esters is 1. The van der Waals surface area contributed by atoms with Gasteiger partial charge in [0.05, 0.1) is 7.11 Å². The first kappa shape index (κ1) is 11.9. The van der Waals surface area contributed by atoms with E-state index in [4.69, 9.17) is 0 Å². The van der Waals surface area contributed by atoms with Gasteiger partial charge in [-0.3, -0.25) is 4.79 Å². The number of amides is 1. The van der Waals surface area contributed by atoms with Crippen molar-refractivity contribution in [1.82, 2.24) is 10.2 Å². The number of nitrogens with one attached hydrogen (secondary N) is 1. The van der Waals surface area contributed by atoms with E-state index in [2.05, 4.69) is 10.1 Å². The maximum Gasteiger partial charge on any atom is 0.333 e. The maximum absolute atomic E-state index is 11.6. The quantitative estimate of drug-likeness (QED) is 0.552. The van der Waals surface area contributed by atoms with Crippen LogP contribution in [-0.2, 0) is 14.3 Å². The van der Waals surface area contributed by atoms with E-state index in [1.807, 2.05) is 0 Å². The number of likely N-dealkylation sites (N-methyl/N-ethyl adjacent to an activating group) is 1. The fourth-order valence-corrected chi connectivity index (χ4v) is 1.83. The molecule has 1 saturated heterocycles. The Kier molecular flexibility index (Phi) is 3.31. The second-order valence-corrected chi connectivity index (χ2v) is 4.02. The third kappa shape index (κ3) is 2.27. The van der Waals surface area contributed by atoms with Gasteiger partial charge in [0, 0.05) is 13.0 Å². The lowest BCUT2D eigenvalue weighted by molar-refractivity contribution is -0.149. The van der Waals surface area contributed by atoms with Crippen LogP contribution in [0.25, 0.3) is 0 Å². The molecule has 6 nitrogen and oxygen atoms in total. The van der Waals surface area contributed by atoms with Gasteiger partial charge in [0.2, 0.25) is 5.91 Å². The van der Waals surface area contributed by atoms with Crippen molar-refractivity contribution in [2.45, 2.75) is 18.1 Å². The molecule has 6 heteroatoms. The number of methoxy groups -OCH3 is 1. The minimum Gasteiger partial charge on any atom is -0.467 e. The average Bonchev–Trinajstić information content (AvgIpc) is 2.41. The van der Waals surface area contributed by atoms with Gasteiger partial charge in [0.25, 0.3) is 0 Å². The molecule has 86 valence electrons. The minimum atomic E-state index is -1.14. The molecule has 1 rings (SSSR count). The zero-order valence-electron chi connectivity index (χ0n) is 9.11. The Morgan fingerprint density at radius 3 is 2.67 bits per heavy atom. The SMILES string of the molecule is COC(=O)[C@@]1(CN(C)C)C[C@H](O)C(=O)N1. The summed E-state index contributed by atoms with van der Waals surface area (Å²) < 4.78 is 4.64. The molecule has 0 aromatic heterocycles. The molecule has 0 bridgehead atoms. The number of rotatable bonds is 3. The second-order valence-electron chi connectivity index (χ2n) is 4.02. The summed E-state index contributed by atoms with van der Waals surface area (Å²) in [6, 6.07) is 0. The summed E-state index contributed by atoms with van der Waals surface area (Å²) in [6.07, 6.45) is -1.08. The van der Waals surface area contributed by atoms with Gasteiger partial charge in [0.15, 0.2) is 5.54 Å². The topological polar surface area (TPSA) is 78.9 Å². The lowest BCUT2D eigenvalue weighted by Gasteiger charge is -2.28. The van der Waals surface area contributed by atoms with Crippen LogP contribution >= 0.6 is 0 Å². The standard InChI is InChI=1S/C9H16N2O4/c1-11(2)5-9(8(14)15-3)4-6(12)7(13)10-9/h6,12H,4-5H2,1-3H3,(H,10,13)/t6-,9-/m0/s1. The van der Waals surface area contributed by atoms with Gasteiger partial charge >= 0.3 is 5.97 Å². The van der Waals surface area contributed by atoms with Crippen LogP contribution in [0, 0.1) is 0 Å². The minimum absolute atomic E-state index is 0.0523. The largest absolute Gasteiger partial charge is 0.467 e. The first-order chi connectivity index (χ1) is 6.91. The number of aliphatic hydroxyl groups excluding tert-OH is 1. The van der Waals surface area contributed by atoms with E-state index in [1.54, 1.807) is 19.0 Å². The molecule has 0 aromatic carbocycles. The van der Waals surface area contributed by atoms with Crippen LogP contribution in [0.15, 0.2) is 0 Å². The first-order valence-corrected chi connectivity index (χ1v) is 4.64. The normalized spacial score (nSPS) is 30.5. The van der Waals surface area contributed by atoms with E-state index in [9.17, 15) is 14.7 Å². The van der Waals surface area contributed by atoms with E-state index in [-0.39, 0.29) is 6.42 Å². The van der Waals surface area contributed by atoms with E-state index < -0.39 is 23.5 Å². The maximum atomic E-state index is 11.6. The highest BCUT2D eigenvalue weighted by molar-refractivity contribution is 5.94. The Hall–Kier alpha value is -1.14. The Morgan fingerprint density at radius 1 is 1.73 bits per heavy atom. The average molecular weight is 216 g/mol. The molecule has 1 aliphatic rings. The number of hydrogen-bond donors (Lipinski definition) is 2. The summed E-state index contributed by atoms with van der Waals surface area (Å²) in [4.78, 5) is 24.6. The molecule has 0 aliphatic carbocycles. The number of aliphatic hydroxyl groups is 1. The van der Waals surface area contributed by atoms with Gasteiger partial charge in [-0.05, 0) is 14.1 Å². The van der Waals surface area contributed by atoms with Crippen molar-refractivity contribution >= 4 is 11.9 Å². The predicted molar refractivity (Wildman–Crippen MR) is 52.1 cm³/mol. The van der Waals surface area contributed by atoms with E-state index in [0.29, 0.717) is 6.54 Å². The van der Waals surface area contributed by atoms with Gasteiger partial charge < -0.3 is 20.1 Å². The van der Waals surface area contributed by atoms with Gasteiger partial charge in [-0.2, -0.15) is 0 Å². The Morgan fingerprint density at radius 2 is 2.33 bits per heavy atom. The van der Waals surface area contributed by atoms with Crippen molar-refractivity contribution in [1.29, 1.82) is 0 Å². The Labute approximate surface area is 88.2 Å². The lowest BCUT2D eigenvalue weighted by Crippen LogP contribution is -2.55. The number of hydrogen-bond acceptors (Lipinski definition) is 5. The van der Waals surface area contributed by atoms with Crippen LogP contribution in [0.4, 0.5) is 0 Å². The van der Waals surface area contributed by atoms with Crippen molar-refractivity contribution in [3.63, 3.8) is 0 Å². The molecule has 1 amide bonds. The summed E-state index contributed by atoms with van der Waals surface area (Å²) in [6.45, 7) is 0.308. The van der Waals surface area contributed by atoms with Crippen molar-refractivity contribution < 1.29 is 19.4 Å². The number of carbonyl (C=O) groups excluding carboxylic acids is 2. The zero-order valence-corrected chi connectivity index (χ0v) is 9.11. The monoisotopic (exact) mass is 216 g/mol. The summed E-state index contributed by atoms with van der Waals surface area (Å²) in [5.41, 5.74) is -1.12. The Bertz CT molecular complexity index is 279. The summed E-state index contributed by atoms with van der Waals surface area (Å²) in [7, 11) is 4.82. The van der Waals surface area contributed by atoms with E-state index in [0.717, 1.165) is 0 Å². The third-order valence-electron chi connectivity index (χ3n) is 2.37.